The quantitative estimate of drug-likeness (QED) is 0.359. The van der Waals surface area contributed by atoms with E-state index in [1.54, 1.807) is 16.7 Å². The lowest BCUT2D eigenvalue weighted by Crippen LogP contribution is -2.51. The van der Waals surface area contributed by atoms with Crippen molar-refractivity contribution in [3.8, 4) is 0 Å². The molecule has 184 valence electrons. The summed E-state index contributed by atoms with van der Waals surface area (Å²) in [6.07, 6.45) is 0.478. The fourth-order valence-electron chi connectivity index (χ4n) is 3.78. The van der Waals surface area contributed by atoms with Crippen LogP contribution in [-0.4, -0.2) is 35.1 Å². The van der Waals surface area contributed by atoms with E-state index in [1.165, 1.54) is 11.1 Å². The second-order valence-corrected chi connectivity index (χ2v) is 10.3. The van der Waals surface area contributed by atoms with Gasteiger partial charge in [-0.25, -0.2) is 0 Å². The molecule has 0 aliphatic carbocycles. The van der Waals surface area contributed by atoms with E-state index in [2.05, 4.69) is 31.3 Å². The zero-order chi connectivity index (χ0) is 25.0. The smallest absolute Gasteiger partial charge is 0.243 e. The van der Waals surface area contributed by atoms with Gasteiger partial charge in [0.05, 0.1) is 5.75 Å². The third kappa shape index (κ3) is 8.91. The highest BCUT2D eigenvalue weighted by Gasteiger charge is 2.30. The molecule has 4 nitrogen and oxygen atoms in total. The summed E-state index contributed by atoms with van der Waals surface area (Å²) in [7, 11) is 0. The molecule has 0 aliphatic rings. The van der Waals surface area contributed by atoms with Gasteiger partial charge in [0.15, 0.2) is 0 Å². The Morgan fingerprint density at radius 3 is 2.03 bits per heavy atom. The fourth-order valence-corrected chi connectivity index (χ4v) is 4.65. The molecule has 3 aromatic rings. The van der Waals surface area contributed by atoms with Crippen LogP contribution in [-0.2, 0) is 28.3 Å². The van der Waals surface area contributed by atoms with E-state index in [1.807, 2.05) is 79.7 Å². The van der Waals surface area contributed by atoms with Crippen LogP contribution in [0.25, 0.3) is 0 Å². The largest absolute Gasteiger partial charge is 0.354 e. The molecular formula is C30H36N2O2S. The van der Waals surface area contributed by atoms with Gasteiger partial charge in [-0.05, 0) is 29.5 Å². The number of nitrogens with one attached hydrogen (secondary N) is 1. The van der Waals surface area contributed by atoms with Crippen molar-refractivity contribution in [3.63, 3.8) is 0 Å². The van der Waals surface area contributed by atoms with Gasteiger partial charge in [0.1, 0.15) is 6.04 Å². The first-order chi connectivity index (χ1) is 16.9. The Morgan fingerprint density at radius 1 is 0.829 bits per heavy atom. The molecule has 0 saturated heterocycles. The normalized spacial score (nSPS) is 11.8. The van der Waals surface area contributed by atoms with E-state index in [0.717, 1.165) is 16.9 Å². The van der Waals surface area contributed by atoms with Crippen molar-refractivity contribution in [3.05, 3.63) is 107 Å². The molecule has 1 N–H and O–H groups in total. The van der Waals surface area contributed by atoms with Gasteiger partial charge in [0, 0.05) is 25.3 Å². The van der Waals surface area contributed by atoms with Crippen LogP contribution in [0.3, 0.4) is 0 Å². The molecule has 0 heterocycles. The molecular weight excluding hydrogens is 452 g/mol. The predicted molar refractivity (Wildman–Crippen MR) is 146 cm³/mol. The Balaban J connectivity index is 1.83. The molecule has 0 spiro atoms. The Bertz CT molecular complexity index is 1050. The van der Waals surface area contributed by atoms with Crippen LogP contribution in [0.2, 0.25) is 0 Å². The van der Waals surface area contributed by atoms with Gasteiger partial charge in [-0.1, -0.05) is 104 Å². The van der Waals surface area contributed by atoms with Gasteiger partial charge in [-0.2, -0.15) is 0 Å². The zero-order valence-electron chi connectivity index (χ0n) is 20.9. The van der Waals surface area contributed by atoms with Crippen molar-refractivity contribution < 1.29 is 9.59 Å². The molecule has 0 saturated carbocycles. The number of hydrogen-bond acceptors (Lipinski definition) is 3. The maximum atomic E-state index is 13.6. The molecule has 0 bridgehead atoms. The van der Waals surface area contributed by atoms with Crippen molar-refractivity contribution in [2.24, 2.45) is 5.92 Å². The van der Waals surface area contributed by atoms with Gasteiger partial charge >= 0.3 is 0 Å². The first-order valence-corrected chi connectivity index (χ1v) is 13.4. The molecule has 0 fully saturated rings. The number of rotatable bonds is 12. The molecule has 0 radical (unpaired) electrons. The van der Waals surface area contributed by atoms with Crippen molar-refractivity contribution in [2.75, 3.05) is 12.3 Å². The van der Waals surface area contributed by atoms with Gasteiger partial charge in [0.2, 0.25) is 11.8 Å². The summed E-state index contributed by atoms with van der Waals surface area (Å²) in [5.41, 5.74) is 4.41. The van der Waals surface area contributed by atoms with Gasteiger partial charge in [-0.15, -0.1) is 11.8 Å². The predicted octanol–water partition coefficient (Wildman–Crippen LogP) is 5.64. The third-order valence-corrected chi connectivity index (χ3v) is 6.75. The van der Waals surface area contributed by atoms with Crippen LogP contribution in [0.15, 0.2) is 84.9 Å². The molecule has 0 aliphatic heterocycles. The highest BCUT2D eigenvalue weighted by atomic mass is 32.2. The minimum atomic E-state index is -0.581. The van der Waals surface area contributed by atoms with E-state index < -0.39 is 6.04 Å². The van der Waals surface area contributed by atoms with Crippen LogP contribution in [0.1, 0.15) is 36.1 Å². The Kier molecular flexibility index (Phi) is 10.4. The highest BCUT2D eigenvalue weighted by molar-refractivity contribution is 7.99. The van der Waals surface area contributed by atoms with Crippen LogP contribution in [0, 0.1) is 12.8 Å². The number of amides is 2. The number of thioether (sulfide) groups is 1. The van der Waals surface area contributed by atoms with Crippen LogP contribution in [0.5, 0.6) is 0 Å². The summed E-state index contributed by atoms with van der Waals surface area (Å²) >= 11 is 1.59. The summed E-state index contributed by atoms with van der Waals surface area (Å²) in [4.78, 5) is 28.8. The van der Waals surface area contributed by atoms with Crippen molar-refractivity contribution in [1.82, 2.24) is 10.2 Å². The van der Waals surface area contributed by atoms with Gasteiger partial charge in [0.25, 0.3) is 0 Å². The van der Waals surface area contributed by atoms with Crippen LogP contribution >= 0.6 is 11.8 Å². The van der Waals surface area contributed by atoms with Crippen molar-refractivity contribution >= 4 is 23.6 Å². The lowest BCUT2D eigenvalue weighted by molar-refractivity contribution is -0.139. The highest BCUT2D eigenvalue weighted by Crippen LogP contribution is 2.19. The van der Waals surface area contributed by atoms with Crippen molar-refractivity contribution in [1.29, 1.82) is 0 Å². The number of hydrogen-bond donors (Lipinski definition) is 1. The average Bonchev–Trinajstić information content (AvgIpc) is 2.87. The fraction of sp³-hybridized carbons (Fsp3) is 0.333. The Morgan fingerprint density at radius 2 is 1.43 bits per heavy atom. The second-order valence-electron chi connectivity index (χ2n) is 9.33. The number of aryl methyl sites for hydroxylation is 1. The lowest BCUT2D eigenvalue weighted by Gasteiger charge is -2.32. The number of carbonyl (C=O) groups excluding carboxylic acids is 2. The van der Waals surface area contributed by atoms with E-state index in [0.29, 0.717) is 31.2 Å². The third-order valence-electron chi connectivity index (χ3n) is 5.77. The maximum absolute atomic E-state index is 13.6. The van der Waals surface area contributed by atoms with Crippen LogP contribution in [0.4, 0.5) is 0 Å². The molecule has 0 aromatic heterocycles. The average molecular weight is 489 g/mol. The summed E-state index contributed by atoms with van der Waals surface area (Å²) in [5.74, 6) is 1.29. The zero-order valence-corrected chi connectivity index (χ0v) is 21.8. The number of nitrogens with zero attached hydrogens (tertiary/aromatic N) is 1. The topological polar surface area (TPSA) is 49.4 Å². The molecule has 2 amide bonds. The standard InChI is InChI=1S/C30H36N2O2S/c1-23(2)19-31-30(34)28(18-25-10-6-4-7-11-25)32(20-26-16-14-24(3)15-17-26)29(33)22-35-21-27-12-8-5-9-13-27/h4-17,23,28H,18-22H2,1-3H3,(H,31,34). The number of benzene rings is 3. The van der Waals surface area contributed by atoms with Crippen LogP contribution < -0.4 is 5.32 Å². The van der Waals surface area contributed by atoms with E-state index in [4.69, 9.17) is 0 Å². The molecule has 3 aromatic carbocycles. The SMILES string of the molecule is Cc1ccc(CN(C(=O)CSCc2ccccc2)C(Cc2ccccc2)C(=O)NCC(C)C)cc1. The van der Waals surface area contributed by atoms with Gasteiger partial charge in [-0.3, -0.25) is 9.59 Å². The Labute approximate surface area is 214 Å². The first-order valence-electron chi connectivity index (χ1n) is 12.2. The summed E-state index contributed by atoms with van der Waals surface area (Å²) in [5, 5.41) is 3.08. The maximum Gasteiger partial charge on any atom is 0.243 e. The first kappa shape index (κ1) is 26.6. The lowest BCUT2D eigenvalue weighted by atomic mass is 10.0. The molecule has 35 heavy (non-hydrogen) atoms. The summed E-state index contributed by atoms with van der Waals surface area (Å²) in [6.45, 7) is 7.17. The molecule has 1 atom stereocenters. The minimum Gasteiger partial charge on any atom is -0.354 e. The van der Waals surface area contributed by atoms with E-state index in [-0.39, 0.29) is 11.8 Å². The van der Waals surface area contributed by atoms with E-state index >= 15 is 0 Å². The monoisotopic (exact) mass is 488 g/mol. The summed E-state index contributed by atoms with van der Waals surface area (Å²) < 4.78 is 0. The Hall–Kier alpha value is -3.05. The molecule has 3 rings (SSSR count). The molecule has 5 heteroatoms. The van der Waals surface area contributed by atoms with Gasteiger partial charge < -0.3 is 10.2 Å². The second kappa shape index (κ2) is 13.7. The molecule has 1 unspecified atom stereocenters. The summed E-state index contributed by atoms with van der Waals surface area (Å²) in [6, 6.07) is 27.7. The number of carbonyl (C=O) groups is 2. The minimum absolute atomic E-state index is 0.0212. The van der Waals surface area contributed by atoms with E-state index in [9.17, 15) is 9.59 Å². The van der Waals surface area contributed by atoms with Crippen molar-refractivity contribution in [2.45, 2.75) is 45.5 Å².